The molecule has 1 rings (SSSR count). The molecule has 0 saturated carbocycles. The van der Waals surface area contributed by atoms with Crippen LogP contribution in [-0.2, 0) is 11.3 Å². The number of benzene rings is 1. The maximum absolute atomic E-state index is 10.9. The third-order valence-electron chi connectivity index (χ3n) is 3.29. The van der Waals surface area contributed by atoms with Gasteiger partial charge < -0.3 is 5.11 Å². The van der Waals surface area contributed by atoms with Crippen molar-refractivity contribution in [2.75, 3.05) is 6.54 Å². The van der Waals surface area contributed by atoms with E-state index in [-0.39, 0.29) is 12.1 Å². The molecule has 0 aliphatic rings. The average Bonchev–Trinajstić information content (AvgIpc) is 2.27. The molecule has 0 saturated heterocycles. The second-order valence-electron chi connectivity index (χ2n) is 6.32. The zero-order chi connectivity index (χ0) is 14.6. The third kappa shape index (κ3) is 5.03. The largest absolute Gasteiger partial charge is 0.480 e. The number of hydrogen-bond donors (Lipinski definition) is 1. The van der Waals surface area contributed by atoms with E-state index in [0.29, 0.717) is 12.5 Å². The lowest BCUT2D eigenvalue weighted by Crippen LogP contribution is -2.43. The van der Waals surface area contributed by atoms with E-state index in [1.54, 1.807) is 0 Å². The fourth-order valence-electron chi connectivity index (χ4n) is 1.92. The van der Waals surface area contributed by atoms with Crippen LogP contribution >= 0.6 is 0 Å². The van der Waals surface area contributed by atoms with Crippen LogP contribution in [0.3, 0.4) is 0 Å². The van der Waals surface area contributed by atoms with Crippen molar-refractivity contribution in [3.8, 4) is 0 Å². The van der Waals surface area contributed by atoms with Crippen molar-refractivity contribution in [1.82, 2.24) is 4.90 Å². The van der Waals surface area contributed by atoms with Crippen molar-refractivity contribution >= 4 is 5.97 Å². The van der Waals surface area contributed by atoms with Crippen molar-refractivity contribution in [3.05, 3.63) is 35.4 Å². The molecule has 3 heteroatoms. The van der Waals surface area contributed by atoms with Crippen LogP contribution in [0, 0.1) is 0 Å². The van der Waals surface area contributed by atoms with E-state index in [2.05, 4.69) is 38.1 Å². The standard InChI is InChI=1S/C16H25NO2/c1-12(2)14-8-6-13(7-9-14)10-17(11-15(18)19)16(3,4)5/h6-9,12H,10-11H2,1-5H3,(H,18,19). The van der Waals surface area contributed by atoms with Gasteiger partial charge in [0.1, 0.15) is 0 Å². The molecule has 19 heavy (non-hydrogen) atoms. The van der Waals surface area contributed by atoms with Crippen LogP contribution in [0.25, 0.3) is 0 Å². The molecule has 0 atom stereocenters. The van der Waals surface area contributed by atoms with Gasteiger partial charge in [-0.15, -0.1) is 0 Å². The lowest BCUT2D eigenvalue weighted by molar-refractivity contribution is -0.139. The fourth-order valence-corrected chi connectivity index (χ4v) is 1.92. The number of aliphatic carboxylic acids is 1. The van der Waals surface area contributed by atoms with Gasteiger partial charge in [0.05, 0.1) is 6.54 Å². The molecule has 0 unspecified atom stereocenters. The Hall–Kier alpha value is -1.35. The number of carbonyl (C=O) groups is 1. The molecule has 1 N–H and O–H groups in total. The van der Waals surface area contributed by atoms with Gasteiger partial charge in [-0.2, -0.15) is 0 Å². The van der Waals surface area contributed by atoms with Crippen molar-refractivity contribution in [2.45, 2.75) is 52.6 Å². The minimum Gasteiger partial charge on any atom is -0.480 e. The monoisotopic (exact) mass is 263 g/mol. The average molecular weight is 263 g/mol. The van der Waals surface area contributed by atoms with Gasteiger partial charge >= 0.3 is 5.97 Å². The molecule has 1 aromatic carbocycles. The first-order chi connectivity index (χ1) is 8.70. The Bertz CT molecular complexity index is 415. The number of carboxylic acid groups (broad SMARTS) is 1. The Balaban J connectivity index is 2.81. The van der Waals surface area contributed by atoms with E-state index < -0.39 is 5.97 Å². The second-order valence-corrected chi connectivity index (χ2v) is 6.32. The summed E-state index contributed by atoms with van der Waals surface area (Å²) in [5, 5.41) is 9.00. The predicted molar refractivity (Wildman–Crippen MR) is 78.3 cm³/mol. The minimum absolute atomic E-state index is 0.0649. The number of carboxylic acids is 1. The molecule has 0 aromatic heterocycles. The van der Waals surface area contributed by atoms with Gasteiger partial charge in [0.25, 0.3) is 0 Å². The Labute approximate surface area is 116 Å². The van der Waals surface area contributed by atoms with Gasteiger partial charge in [-0.3, -0.25) is 9.69 Å². The minimum atomic E-state index is -0.784. The van der Waals surface area contributed by atoms with Gasteiger partial charge in [0.2, 0.25) is 0 Å². The van der Waals surface area contributed by atoms with Gasteiger partial charge in [-0.25, -0.2) is 0 Å². The first kappa shape index (κ1) is 15.7. The molecule has 0 heterocycles. The Morgan fingerprint density at radius 3 is 2.11 bits per heavy atom. The zero-order valence-electron chi connectivity index (χ0n) is 12.6. The molecule has 0 aliphatic heterocycles. The summed E-state index contributed by atoms with van der Waals surface area (Å²) >= 11 is 0. The maximum Gasteiger partial charge on any atom is 0.317 e. The highest BCUT2D eigenvalue weighted by Crippen LogP contribution is 2.19. The lowest BCUT2D eigenvalue weighted by Gasteiger charge is -2.34. The molecular formula is C16H25NO2. The molecular weight excluding hydrogens is 238 g/mol. The first-order valence-electron chi connectivity index (χ1n) is 6.76. The zero-order valence-corrected chi connectivity index (χ0v) is 12.6. The highest BCUT2D eigenvalue weighted by Gasteiger charge is 2.23. The lowest BCUT2D eigenvalue weighted by atomic mass is 10.0. The van der Waals surface area contributed by atoms with Crippen LogP contribution in [0.4, 0.5) is 0 Å². The van der Waals surface area contributed by atoms with Crippen molar-refractivity contribution in [2.24, 2.45) is 0 Å². The van der Waals surface area contributed by atoms with E-state index in [1.807, 2.05) is 25.7 Å². The number of nitrogens with zero attached hydrogens (tertiary/aromatic N) is 1. The summed E-state index contributed by atoms with van der Waals surface area (Å²) in [6.45, 7) is 11.2. The van der Waals surface area contributed by atoms with Crippen LogP contribution in [0.2, 0.25) is 0 Å². The number of hydrogen-bond acceptors (Lipinski definition) is 2. The Morgan fingerprint density at radius 2 is 1.74 bits per heavy atom. The fraction of sp³-hybridized carbons (Fsp3) is 0.562. The van der Waals surface area contributed by atoms with Gasteiger partial charge in [-0.1, -0.05) is 38.1 Å². The quantitative estimate of drug-likeness (QED) is 0.884. The molecule has 3 nitrogen and oxygen atoms in total. The van der Waals surface area contributed by atoms with E-state index >= 15 is 0 Å². The highest BCUT2D eigenvalue weighted by atomic mass is 16.4. The summed E-state index contributed by atoms with van der Waals surface area (Å²) in [5.74, 6) is -0.263. The Morgan fingerprint density at radius 1 is 1.21 bits per heavy atom. The van der Waals surface area contributed by atoms with Crippen LogP contribution in [0.15, 0.2) is 24.3 Å². The summed E-state index contributed by atoms with van der Waals surface area (Å²) in [6.07, 6.45) is 0. The van der Waals surface area contributed by atoms with Crippen LogP contribution < -0.4 is 0 Å². The molecule has 106 valence electrons. The molecule has 0 amide bonds. The summed E-state index contributed by atoms with van der Waals surface area (Å²) in [6, 6.07) is 8.44. The normalized spacial score (nSPS) is 12.2. The summed E-state index contributed by atoms with van der Waals surface area (Å²) < 4.78 is 0. The smallest absolute Gasteiger partial charge is 0.317 e. The van der Waals surface area contributed by atoms with Crippen molar-refractivity contribution in [1.29, 1.82) is 0 Å². The van der Waals surface area contributed by atoms with Crippen LogP contribution in [0.1, 0.15) is 51.7 Å². The van der Waals surface area contributed by atoms with Gasteiger partial charge in [0, 0.05) is 12.1 Å². The molecule has 0 aliphatic carbocycles. The molecule has 0 radical (unpaired) electrons. The number of rotatable bonds is 5. The summed E-state index contributed by atoms with van der Waals surface area (Å²) in [7, 11) is 0. The van der Waals surface area contributed by atoms with Crippen LogP contribution in [-0.4, -0.2) is 28.1 Å². The summed E-state index contributed by atoms with van der Waals surface area (Å²) in [4.78, 5) is 12.9. The molecule has 0 spiro atoms. The van der Waals surface area contributed by atoms with E-state index in [4.69, 9.17) is 5.11 Å². The molecule has 0 fully saturated rings. The predicted octanol–water partition coefficient (Wildman–Crippen LogP) is 3.50. The summed E-state index contributed by atoms with van der Waals surface area (Å²) in [5.41, 5.74) is 2.31. The van der Waals surface area contributed by atoms with Gasteiger partial charge in [-0.05, 0) is 37.8 Å². The first-order valence-corrected chi connectivity index (χ1v) is 6.76. The van der Waals surface area contributed by atoms with Crippen molar-refractivity contribution in [3.63, 3.8) is 0 Å². The van der Waals surface area contributed by atoms with Gasteiger partial charge in [0.15, 0.2) is 0 Å². The van der Waals surface area contributed by atoms with Crippen molar-refractivity contribution < 1.29 is 9.90 Å². The molecule has 0 bridgehead atoms. The van der Waals surface area contributed by atoms with E-state index in [1.165, 1.54) is 5.56 Å². The highest BCUT2D eigenvalue weighted by molar-refractivity contribution is 5.69. The van der Waals surface area contributed by atoms with E-state index in [0.717, 1.165) is 5.56 Å². The SMILES string of the molecule is CC(C)c1ccc(CN(CC(=O)O)C(C)(C)C)cc1. The molecule has 1 aromatic rings. The topological polar surface area (TPSA) is 40.5 Å². The van der Waals surface area contributed by atoms with Crippen LogP contribution in [0.5, 0.6) is 0 Å². The second kappa shape index (κ2) is 6.20. The third-order valence-corrected chi connectivity index (χ3v) is 3.29. The Kier molecular flexibility index (Phi) is 5.12. The maximum atomic E-state index is 10.9. The van der Waals surface area contributed by atoms with E-state index in [9.17, 15) is 4.79 Å².